The lowest BCUT2D eigenvalue weighted by Crippen LogP contribution is -2.13. The highest BCUT2D eigenvalue weighted by molar-refractivity contribution is 7.99. The number of aryl methyl sites for hydroxylation is 2. The number of ether oxygens (including phenoxy) is 1. The second kappa shape index (κ2) is 7.58. The number of hydrogen-bond donors (Lipinski definition) is 1. The highest BCUT2D eigenvalue weighted by atomic mass is 32.2. The van der Waals surface area contributed by atoms with Gasteiger partial charge in [-0.2, -0.15) is 0 Å². The zero-order valence-corrected chi connectivity index (χ0v) is 16.5. The number of nitrogens with one attached hydrogen (secondary N) is 1. The maximum absolute atomic E-state index is 12.6. The fourth-order valence-electron chi connectivity index (χ4n) is 2.51. The molecular weight excluding hydrogens is 374 g/mol. The van der Waals surface area contributed by atoms with E-state index in [1.807, 2.05) is 18.4 Å². The van der Waals surface area contributed by atoms with E-state index < -0.39 is 5.97 Å². The molecule has 0 fully saturated rings. The molecule has 3 aromatic heterocycles. The molecule has 3 rings (SSSR count). The molecule has 0 bridgehead atoms. The summed E-state index contributed by atoms with van der Waals surface area (Å²) in [5, 5.41) is 9.08. The second-order valence-electron chi connectivity index (χ2n) is 5.57. The minimum absolute atomic E-state index is 0.130. The summed E-state index contributed by atoms with van der Waals surface area (Å²) in [6.07, 6.45) is 1.67. The SMILES string of the molecule is CCOC(=O)c1sc2nc([C@@H](C)Sc3nncn3CC)[nH]c(=O)c2c1C. The molecule has 0 spiro atoms. The van der Waals surface area contributed by atoms with Crippen LogP contribution in [-0.2, 0) is 11.3 Å². The first-order valence-corrected chi connectivity index (χ1v) is 9.90. The van der Waals surface area contributed by atoms with Crippen LogP contribution in [0, 0.1) is 6.92 Å². The number of carbonyl (C=O) groups excluding carboxylic acids is 1. The maximum atomic E-state index is 12.6. The molecule has 0 aromatic carbocycles. The standard InChI is InChI=1S/C16H19N5O3S2/c1-5-21-7-17-20-16(21)25-9(4)12-18-13(22)10-8(3)11(15(23)24-6-2)26-14(10)19-12/h7,9H,5-6H2,1-4H3,(H,18,19,22)/t9-/m1/s1. The van der Waals surface area contributed by atoms with Crippen molar-refractivity contribution >= 4 is 39.3 Å². The van der Waals surface area contributed by atoms with Gasteiger partial charge in [0.25, 0.3) is 5.56 Å². The highest BCUT2D eigenvalue weighted by Gasteiger charge is 2.22. The number of aromatic amines is 1. The first-order valence-electron chi connectivity index (χ1n) is 8.21. The minimum Gasteiger partial charge on any atom is -0.462 e. The number of nitrogens with zero attached hydrogens (tertiary/aromatic N) is 4. The van der Waals surface area contributed by atoms with E-state index in [4.69, 9.17) is 4.74 Å². The van der Waals surface area contributed by atoms with Gasteiger partial charge in [-0.1, -0.05) is 11.8 Å². The van der Waals surface area contributed by atoms with Crippen LogP contribution in [0.2, 0.25) is 0 Å². The molecule has 3 heterocycles. The van der Waals surface area contributed by atoms with E-state index in [-0.39, 0.29) is 17.4 Å². The van der Waals surface area contributed by atoms with Crippen LogP contribution in [0.25, 0.3) is 10.2 Å². The van der Waals surface area contributed by atoms with Crippen molar-refractivity contribution in [2.75, 3.05) is 6.61 Å². The Bertz CT molecular complexity index is 1010. The number of rotatable bonds is 6. The minimum atomic E-state index is -0.424. The lowest BCUT2D eigenvalue weighted by atomic mass is 10.2. The van der Waals surface area contributed by atoms with Crippen molar-refractivity contribution in [3.63, 3.8) is 0 Å². The van der Waals surface area contributed by atoms with Crippen molar-refractivity contribution in [1.82, 2.24) is 24.7 Å². The number of thioether (sulfide) groups is 1. The molecule has 1 N–H and O–H groups in total. The lowest BCUT2D eigenvalue weighted by molar-refractivity contribution is 0.0531. The van der Waals surface area contributed by atoms with Crippen molar-refractivity contribution in [2.24, 2.45) is 0 Å². The van der Waals surface area contributed by atoms with Crippen LogP contribution in [0.4, 0.5) is 0 Å². The number of carbonyl (C=O) groups is 1. The van der Waals surface area contributed by atoms with Crippen molar-refractivity contribution in [3.05, 3.63) is 32.9 Å². The Balaban J connectivity index is 1.98. The average Bonchev–Trinajstić information content (AvgIpc) is 3.19. The number of hydrogen-bond acceptors (Lipinski definition) is 8. The fraction of sp³-hybridized carbons (Fsp3) is 0.438. The van der Waals surface area contributed by atoms with Crippen molar-refractivity contribution < 1.29 is 9.53 Å². The van der Waals surface area contributed by atoms with Gasteiger partial charge in [0.05, 0.1) is 17.2 Å². The van der Waals surface area contributed by atoms with E-state index >= 15 is 0 Å². The van der Waals surface area contributed by atoms with Gasteiger partial charge >= 0.3 is 5.97 Å². The van der Waals surface area contributed by atoms with Crippen LogP contribution in [0.3, 0.4) is 0 Å². The Morgan fingerprint density at radius 2 is 2.23 bits per heavy atom. The molecule has 0 saturated carbocycles. The van der Waals surface area contributed by atoms with E-state index in [1.54, 1.807) is 20.2 Å². The van der Waals surface area contributed by atoms with Crippen LogP contribution in [0.5, 0.6) is 0 Å². The summed E-state index contributed by atoms with van der Waals surface area (Å²) in [5.74, 6) is 0.113. The molecule has 0 aliphatic carbocycles. The largest absolute Gasteiger partial charge is 0.462 e. The van der Waals surface area contributed by atoms with Gasteiger partial charge in [-0.15, -0.1) is 21.5 Å². The summed E-state index contributed by atoms with van der Waals surface area (Å²) in [5.41, 5.74) is 0.355. The summed E-state index contributed by atoms with van der Waals surface area (Å²) in [4.78, 5) is 33.0. The zero-order valence-electron chi connectivity index (χ0n) is 14.9. The van der Waals surface area contributed by atoms with E-state index in [0.29, 0.717) is 26.5 Å². The quantitative estimate of drug-likeness (QED) is 0.507. The zero-order chi connectivity index (χ0) is 18.8. The Hall–Kier alpha value is -2.20. The van der Waals surface area contributed by atoms with Gasteiger partial charge in [0.1, 0.15) is 21.9 Å². The van der Waals surface area contributed by atoms with E-state index in [0.717, 1.165) is 11.7 Å². The maximum Gasteiger partial charge on any atom is 0.348 e. The van der Waals surface area contributed by atoms with Crippen molar-refractivity contribution in [3.8, 4) is 0 Å². The molecule has 0 unspecified atom stereocenters. The molecule has 0 amide bonds. The average molecular weight is 393 g/mol. The molecule has 0 aliphatic heterocycles. The molecule has 0 radical (unpaired) electrons. The molecule has 26 heavy (non-hydrogen) atoms. The Labute approximate surface area is 158 Å². The van der Waals surface area contributed by atoms with Crippen LogP contribution in [0.15, 0.2) is 16.3 Å². The normalized spacial score (nSPS) is 12.5. The van der Waals surface area contributed by atoms with E-state index in [1.165, 1.54) is 23.1 Å². The smallest absolute Gasteiger partial charge is 0.348 e. The van der Waals surface area contributed by atoms with Gasteiger partial charge in [-0.05, 0) is 33.3 Å². The topological polar surface area (TPSA) is 103 Å². The van der Waals surface area contributed by atoms with Gasteiger partial charge in [0.2, 0.25) is 0 Å². The molecule has 0 saturated heterocycles. The van der Waals surface area contributed by atoms with Crippen LogP contribution < -0.4 is 5.56 Å². The second-order valence-corrected chi connectivity index (χ2v) is 7.87. The Morgan fingerprint density at radius 1 is 1.46 bits per heavy atom. The Kier molecular flexibility index (Phi) is 5.42. The first kappa shape index (κ1) is 18.6. The third-order valence-electron chi connectivity index (χ3n) is 3.87. The fourth-order valence-corrected chi connectivity index (χ4v) is 4.54. The first-order chi connectivity index (χ1) is 12.5. The molecule has 1 atom stereocenters. The van der Waals surface area contributed by atoms with Crippen LogP contribution in [0.1, 0.15) is 47.1 Å². The predicted molar refractivity (Wildman–Crippen MR) is 101 cm³/mol. The summed E-state index contributed by atoms with van der Waals surface area (Å²) >= 11 is 2.65. The van der Waals surface area contributed by atoms with Gasteiger partial charge in [-0.25, -0.2) is 9.78 Å². The van der Waals surface area contributed by atoms with Crippen LogP contribution in [-0.4, -0.2) is 37.3 Å². The van der Waals surface area contributed by atoms with Crippen LogP contribution >= 0.6 is 23.1 Å². The van der Waals surface area contributed by atoms with Gasteiger partial charge in [-0.3, -0.25) is 4.79 Å². The summed E-state index contributed by atoms with van der Waals surface area (Å²) < 4.78 is 6.98. The van der Waals surface area contributed by atoms with Crippen molar-refractivity contribution in [2.45, 2.75) is 44.6 Å². The molecule has 10 heteroatoms. The Morgan fingerprint density at radius 3 is 2.92 bits per heavy atom. The van der Waals surface area contributed by atoms with Gasteiger partial charge in [0, 0.05) is 6.54 Å². The summed E-state index contributed by atoms with van der Waals surface area (Å²) in [6, 6.07) is 0. The monoisotopic (exact) mass is 393 g/mol. The predicted octanol–water partition coefficient (Wildman–Crippen LogP) is 2.93. The van der Waals surface area contributed by atoms with Gasteiger partial charge in [0.15, 0.2) is 5.16 Å². The van der Waals surface area contributed by atoms with Gasteiger partial charge < -0.3 is 14.3 Å². The summed E-state index contributed by atoms with van der Waals surface area (Å²) in [7, 11) is 0. The third-order valence-corrected chi connectivity index (χ3v) is 6.14. The highest BCUT2D eigenvalue weighted by Crippen LogP contribution is 2.33. The molecule has 3 aromatic rings. The molecule has 0 aliphatic rings. The van der Waals surface area contributed by atoms with E-state index in [9.17, 15) is 9.59 Å². The summed E-state index contributed by atoms with van der Waals surface area (Å²) in [6.45, 7) is 8.48. The van der Waals surface area contributed by atoms with Crippen molar-refractivity contribution in [1.29, 1.82) is 0 Å². The molecule has 8 nitrogen and oxygen atoms in total. The van der Waals surface area contributed by atoms with E-state index in [2.05, 4.69) is 20.2 Å². The number of esters is 1. The number of aromatic nitrogens is 5. The number of thiophene rings is 1. The number of H-pyrrole nitrogens is 1. The third kappa shape index (κ3) is 3.38. The molecular formula is C16H19N5O3S2. The lowest BCUT2D eigenvalue weighted by Gasteiger charge is -2.10. The number of fused-ring (bicyclic) bond motifs is 1. The molecule has 138 valence electrons.